The summed E-state index contributed by atoms with van der Waals surface area (Å²) in [6.07, 6.45) is -3.32. The van der Waals surface area contributed by atoms with Crippen molar-refractivity contribution in [2.45, 2.75) is 19.1 Å². The highest BCUT2D eigenvalue weighted by molar-refractivity contribution is 5.92. The van der Waals surface area contributed by atoms with Gasteiger partial charge in [0.1, 0.15) is 11.6 Å². The van der Waals surface area contributed by atoms with Crippen molar-refractivity contribution in [2.24, 2.45) is 0 Å². The van der Waals surface area contributed by atoms with Crippen LogP contribution in [-0.4, -0.2) is 53.9 Å². The topological polar surface area (TPSA) is 74.5 Å². The lowest BCUT2D eigenvalue weighted by molar-refractivity contribution is -0.138. The third-order valence-corrected chi connectivity index (χ3v) is 6.22. The summed E-state index contributed by atoms with van der Waals surface area (Å²) in [5, 5.41) is 2.57. The van der Waals surface area contributed by atoms with Crippen LogP contribution in [0, 0.1) is 17.7 Å². The number of benzene rings is 2. The maximum absolute atomic E-state index is 13.8. The van der Waals surface area contributed by atoms with Gasteiger partial charge >= 0.3 is 6.18 Å². The van der Waals surface area contributed by atoms with Crippen LogP contribution in [0.25, 0.3) is 0 Å². The molecule has 3 aromatic rings. The van der Waals surface area contributed by atoms with Crippen LogP contribution in [0.4, 0.5) is 29.1 Å². The largest absolute Gasteiger partial charge is 0.416 e. The predicted octanol–water partition coefficient (Wildman–Crippen LogP) is 4.15. The fourth-order valence-corrected chi connectivity index (χ4v) is 4.08. The lowest BCUT2D eigenvalue weighted by Gasteiger charge is -2.33. The van der Waals surface area contributed by atoms with E-state index in [0.717, 1.165) is 25.2 Å². The molecule has 0 aliphatic carbocycles. The number of anilines is 2. The number of aromatic nitrogens is 1. The van der Waals surface area contributed by atoms with E-state index in [1.807, 2.05) is 11.9 Å². The van der Waals surface area contributed by atoms with E-state index in [4.69, 9.17) is 5.73 Å². The van der Waals surface area contributed by atoms with E-state index in [1.54, 1.807) is 24.3 Å². The Kier molecular flexibility index (Phi) is 8.29. The first-order valence-electron chi connectivity index (χ1n) is 12.0. The Labute approximate surface area is 218 Å². The molecule has 1 saturated heterocycles. The molecule has 10 heteroatoms. The number of likely N-dealkylation sites (N-methyl/N-ethyl adjacent to an activating group) is 1. The first-order chi connectivity index (χ1) is 18.1. The number of hydrogen-bond acceptors (Lipinski definition) is 5. The number of amides is 1. The summed E-state index contributed by atoms with van der Waals surface area (Å²) in [7, 11) is 1.99. The van der Waals surface area contributed by atoms with Crippen LogP contribution in [-0.2, 0) is 23.9 Å². The van der Waals surface area contributed by atoms with Crippen molar-refractivity contribution in [3.63, 3.8) is 0 Å². The minimum atomic E-state index is -4.54. The molecular formula is C28H27F4N5O. The zero-order chi connectivity index (χ0) is 27.3. The summed E-state index contributed by atoms with van der Waals surface area (Å²) in [6, 6.07) is 11.7. The first kappa shape index (κ1) is 27.1. The maximum atomic E-state index is 13.8. The highest BCUT2D eigenvalue weighted by atomic mass is 19.4. The smallest absolute Gasteiger partial charge is 0.384 e. The summed E-state index contributed by atoms with van der Waals surface area (Å²) < 4.78 is 55.2. The van der Waals surface area contributed by atoms with Crippen molar-refractivity contribution >= 4 is 17.4 Å². The average molecular weight is 526 g/mol. The van der Waals surface area contributed by atoms with E-state index >= 15 is 0 Å². The van der Waals surface area contributed by atoms with Gasteiger partial charge in [0.25, 0.3) is 0 Å². The molecule has 1 aliphatic heterocycles. The van der Waals surface area contributed by atoms with Crippen LogP contribution in [0.3, 0.4) is 0 Å². The molecule has 4 rings (SSSR count). The van der Waals surface area contributed by atoms with E-state index in [1.165, 1.54) is 18.3 Å². The second-order valence-corrected chi connectivity index (χ2v) is 9.21. The number of alkyl halides is 3. The number of nitrogens with two attached hydrogens (primary N) is 1. The number of carbonyl (C=O) groups is 1. The molecule has 0 saturated carbocycles. The molecule has 3 N–H and O–H groups in total. The van der Waals surface area contributed by atoms with Gasteiger partial charge in [-0.1, -0.05) is 30.0 Å². The molecule has 0 radical (unpaired) electrons. The van der Waals surface area contributed by atoms with E-state index in [9.17, 15) is 22.4 Å². The summed E-state index contributed by atoms with van der Waals surface area (Å²) in [5.74, 6) is 4.54. The van der Waals surface area contributed by atoms with Gasteiger partial charge in [-0.05, 0) is 42.4 Å². The van der Waals surface area contributed by atoms with Gasteiger partial charge < -0.3 is 16.0 Å². The van der Waals surface area contributed by atoms with Crippen LogP contribution in [0.2, 0.25) is 0 Å². The minimum Gasteiger partial charge on any atom is -0.384 e. The monoisotopic (exact) mass is 525 g/mol. The number of nitrogens with zero attached hydrogens (tertiary/aromatic N) is 3. The molecule has 0 atom stereocenters. The second kappa shape index (κ2) is 11.6. The molecule has 0 bridgehead atoms. The predicted molar refractivity (Wildman–Crippen MR) is 138 cm³/mol. The lowest BCUT2D eigenvalue weighted by atomic mass is 10.0. The van der Waals surface area contributed by atoms with Gasteiger partial charge in [0.2, 0.25) is 5.91 Å². The number of hydrogen-bond donors (Lipinski definition) is 2. The highest BCUT2D eigenvalue weighted by Crippen LogP contribution is 2.34. The number of piperazine rings is 1. The Morgan fingerprint density at radius 2 is 1.76 bits per heavy atom. The van der Waals surface area contributed by atoms with Crippen molar-refractivity contribution in [2.75, 3.05) is 44.3 Å². The fourth-order valence-electron chi connectivity index (χ4n) is 4.08. The number of nitrogens with one attached hydrogen (secondary N) is 1. The summed E-state index contributed by atoms with van der Waals surface area (Å²) in [5.41, 5.74) is 6.31. The normalized spacial score (nSPS) is 14.6. The van der Waals surface area contributed by atoms with E-state index < -0.39 is 23.5 Å². The Balaban J connectivity index is 1.39. The molecule has 1 amide bonds. The van der Waals surface area contributed by atoms with Crippen LogP contribution in [0.15, 0.2) is 54.7 Å². The van der Waals surface area contributed by atoms with Crippen molar-refractivity contribution in [1.82, 2.24) is 14.8 Å². The first-order valence-corrected chi connectivity index (χ1v) is 12.0. The van der Waals surface area contributed by atoms with Crippen LogP contribution in [0.1, 0.15) is 27.8 Å². The summed E-state index contributed by atoms with van der Waals surface area (Å²) in [6.45, 7) is 3.22. The van der Waals surface area contributed by atoms with Gasteiger partial charge in [-0.3, -0.25) is 9.69 Å². The molecule has 2 aromatic carbocycles. The molecule has 2 heterocycles. The number of rotatable bonds is 5. The molecule has 0 spiro atoms. The van der Waals surface area contributed by atoms with Gasteiger partial charge in [-0.25, -0.2) is 9.37 Å². The van der Waals surface area contributed by atoms with E-state index in [0.29, 0.717) is 24.2 Å². The summed E-state index contributed by atoms with van der Waals surface area (Å²) in [4.78, 5) is 20.5. The molecule has 1 fully saturated rings. The van der Waals surface area contributed by atoms with Gasteiger partial charge in [-0.15, -0.1) is 0 Å². The second-order valence-electron chi connectivity index (χ2n) is 9.21. The van der Waals surface area contributed by atoms with Crippen molar-refractivity contribution in [3.05, 3.63) is 88.4 Å². The standard InChI is InChI=1S/C28H27F4N5O/c1-36-10-12-37(13-11-36)18-22-8-9-23(15-24(22)28(30,31)32)35-27(38)14-20-4-2-19(3-5-20)6-7-21-17-34-26(33)16-25(21)29/h2-5,8-9,15-17H,10-14,18H2,1H3,(H2,33,34)(H,35,38). The molecule has 6 nitrogen and oxygen atoms in total. The fraction of sp³-hybridized carbons (Fsp3) is 0.286. The Morgan fingerprint density at radius 3 is 2.42 bits per heavy atom. The number of pyridine rings is 1. The maximum Gasteiger partial charge on any atom is 0.416 e. The molecule has 198 valence electrons. The van der Waals surface area contributed by atoms with Gasteiger partial charge in [0, 0.05) is 56.2 Å². The third kappa shape index (κ3) is 7.31. The minimum absolute atomic E-state index is 0.0331. The molecule has 1 aliphatic rings. The molecular weight excluding hydrogens is 498 g/mol. The number of halogens is 4. The number of nitrogen functional groups attached to an aromatic ring is 1. The summed E-state index contributed by atoms with van der Waals surface area (Å²) >= 11 is 0. The van der Waals surface area contributed by atoms with E-state index in [-0.39, 0.29) is 35.6 Å². The van der Waals surface area contributed by atoms with Crippen molar-refractivity contribution in [1.29, 1.82) is 0 Å². The van der Waals surface area contributed by atoms with Crippen LogP contribution in [0.5, 0.6) is 0 Å². The van der Waals surface area contributed by atoms with Gasteiger partial charge in [0.05, 0.1) is 17.5 Å². The van der Waals surface area contributed by atoms with Crippen LogP contribution < -0.4 is 11.1 Å². The highest BCUT2D eigenvalue weighted by Gasteiger charge is 2.34. The Bertz CT molecular complexity index is 1350. The van der Waals surface area contributed by atoms with Crippen molar-refractivity contribution < 1.29 is 22.4 Å². The number of carbonyl (C=O) groups excluding carboxylic acids is 1. The third-order valence-electron chi connectivity index (χ3n) is 6.22. The SMILES string of the molecule is CN1CCN(Cc2ccc(NC(=O)Cc3ccc(C#Cc4cnc(N)cc4F)cc3)cc2C(F)(F)F)CC1. The molecule has 0 unspecified atom stereocenters. The van der Waals surface area contributed by atoms with Crippen molar-refractivity contribution in [3.8, 4) is 11.8 Å². The van der Waals surface area contributed by atoms with Gasteiger partial charge in [0.15, 0.2) is 0 Å². The zero-order valence-corrected chi connectivity index (χ0v) is 20.8. The van der Waals surface area contributed by atoms with E-state index in [2.05, 4.69) is 27.0 Å². The zero-order valence-electron chi connectivity index (χ0n) is 20.8. The Morgan fingerprint density at radius 1 is 1.05 bits per heavy atom. The Hall–Kier alpha value is -3.94. The lowest BCUT2D eigenvalue weighted by Crippen LogP contribution is -2.44. The van der Waals surface area contributed by atoms with Crippen LogP contribution >= 0.6 is 0 Å². The molecule has 1 aromatic heterocycles. The quantitative estimate of drug-likeness (QED) is 0.387. The van der Waals surface area contributed by atoms with Gasteiger partial charge in [-0.2, -0.15) is 13.2 Å². The average Bonchev–Trinajstić information content (AvgIpc) is 2.86. The molecule has 38 heavy (non-hydrogen) atoms.